The van der Waals surface area contributed by atoms with Crippen molar-refractivity contribution in [3.8, 4) is 11.5 Å². The standard InChI is InChI=1S/C10H5F3N2O3/c11-10(12,13)7-2-1-5(3-14-7)8-15-4-6(18-8)9(16)17/h1-4H,(H,16,17). The van der Waals surface area contributed by atoms with Crippen molar-refractivity contribution in [3.05, 3.63) is 36.0 Å². The molecule has 0 unspecified atom stereocenters. The molecule has 2 aromatic rings. The van der Waals surface area contributed by atoms with E-state index in [4.69, 9.17) is 9.52 Å². The van der Waals surface area contributed by atoms with Gasteiger partial charge in [-0.1, -0.05) is 0 Å². The topological polar surface area (TPSA) is 76.2 Å². The number of nitrogens with zero attached hydrogens (tertiary/aromatic N) is 2. The van der Waals surface area contributed by atoms with Crippen molar-refractivity contribution in [2.75, 3.05) is 0 Å². The van der Waals surface area contributed by atoms with E-state index in [0.717, 1.165) is 24.5 Å². The Morgan fingerprint density at radius 3 is 2.39 bits per heavy atom. The van der Waals surface area contributed by atoms with Crippen molar-refractivity contribution in [2.24, 2.45) is 0 Å². The minimum Gasteiger partial charge on any atom is -0.475 e. The highest BCUT2D eigenvalue weighted by Crippen LogP contribution is 2.28. The van der Waals surface area contributed by atoms with Crippen LogP contribution in [0, 0.1) is 0 Å². The molecule has 0 fully saturated rings. The van der Waals surface area contributed by atoms with Crippen LogP contribution in [0.15, 0.2) is 28.9 Å². The monoisotopic (exact) mass is 258 g/mol. The van der Waals surface area contributed by atoms with Gasteiger partial charge in [0.1, 0.15) is 5.69 Å². The van der Waals surface area contributed by atoms with Gasteiger partial charge in [0.2, 0.25) is 11.7 Å². The molecule has 0 aliphatic carbocycles. The molecule has 0 saturated heterocycles. The van der Waals surface area contributed by atoms with Gasteiger partial charge in [0, 0.05) is 6.20 Å². The Morgan fingerprint density at radius 2 is 1.94 bits per heavy atom. The lowest BCUT2D eigenvalue weighted by atomic mass is 10.2. The van der Waals surface area contributed by atoms with Crippen LogP contribution in [0.3, 0.4) is 0 Å². The Bertz CT molecular complexity index is 575. The summed E-state index contributed by atoms with van der Waals surface area (Å²) in [4.78, 5) is 17.4. The summed E-state index contributed by atoms with van der Waals surface area (Å²) in [6, 6.07) is 1.87. The van der Waals surface area contributed by atoms with Crippen LogP contribution >= 0.6 is 0 Å². The van der Waals surface area contributed by atoms with Gasteiger partial charge in [0.15, 0.2) is 0 Å². The fourth-order valence-corrected chi connectivity index (χ4v) is 1.19. The molecule has 0 saturated carbocycles. The molecule has 0 radical (unpaired) electrons. The summed E-state index contributed by atoms with van der Waals surface area (Å²) >= 11 is 0. The summed E-state index contributed by atoms with van der Waals surface area (Å²) in [5.41, 5.74) is -0.883. The molecular formula is C10H5F3N2O3. The van der Waals surface area contributed by atoms with Gasteiger partial charge in [0.25, 0.3) is 0 Å². The molecule has 5 nitrogen and oxygen atoms in total. The number of aromatic carboxylic acids is 1. The van der Waals surface area contributed by atoms with Crippen LogP contribution in [0.5, 0.6) is 0 Å². The Labute approximate surface area is 97.9 Å². The lowest BCUT2D eigenvalue weighted by Gasteiger charge is -2.04. The van der Waals surface area contributed by atoms with Crippen molar-refractivity contribution in [2.45, 2.75) is 6.18 Å². The number of aromatic nitrogens is 2. The zero-order chi connectivity index (χ0) is 13.3. The number of rotatable bonds is 2. The first-order valence-corrected chi connectivity index (χ1v) is 4.60. The zero-order valence-corrected chi connectivity index (χ0v) is 8.60. The van der Waals surface area contributed by atoms with Crippen molar-refractivity contribution < 1.29 is 27.5 Å². The van der Waals surface area contributed by atoms with E-state index >= 15 is 0 Å². The first-order chi connectivity index (χ1) is 8.38. The second-order valence-electron chi connectivity index (χ2n) is 3.26. The van der Waals surface area contributed by atoms with Gasteiger partial charge in [-0.25, -0.2) is 9.78 Å². The van der Waals surface area contributed by atoms with Crippen LogP contribution < -0.4 is 0 Å². The number of oxazole rings is 1. The molecular weight excluding hydrogens is 253 g/mol. The maximum Gasteiger partial charge on any atom is 0.433 e. The third-order valence-electron chi connectivity index (χ3n) is 2.02. The smallest absolute Gasteiger partial charge is 0.433 e. The molecule has 0 atom stereocenters. The van der Waals surface area contributed by atoms with Crippen molar-refractivity contribution >= 4 is 5.97 Å². The quantitative estimate of drug-likeness (QED) is 0.895. The van der Waals surface area contributed by atoms with Gasteiger partial charge in [-0.2, -0.15) is 13.2 Å². The number of pyridine rings is 1. The van der Waals surface area contributed by atoms with E-state index in [1.165, 1.54) is 0 Å². The summed E-state index contributed by atoms with van der Waals surface area (Å²) < 4.78 is 41.6. The minimum absolute atomic E-state index is 0.103. The highest BCUT2D eigenvalue weighted by molar-refractivity contribution is 5.84. The molecule has 0 amide bonds. The van der Waals surface area contributed by atoms with Gasteiger partial charge in [0.05, 0.1) is 11.8 Å². The predicted molar refractivity (Wildman–Crippen MR) is 51.7 cm³/mol. The number of carboxylic acids is 1. The van der Waals surface area contributed by atoms with E-state index in [-0.39, 0.29) is 11.5 Å². The molecule has 94 valence electrons. The number of halogens is 3. The summed E-state index contributed by atoms with van der Waals surface area (Å²) in [5.74, 6) is -1.81. The molecule has 0 spiro atoms. The fraction of sp³-hybridized carbons (Fsp3) is 0.100. The molecule has 0 bridgehead atoms. The Hall–Kier alpha value is -2.38. The molecule has 18 heavy (non-hydrogen) atoms. The Kier molecular flexibility index (Phi) is 2.77. The Balaban J connectivity index is 2.31. The predicted octanol–water partition coefficient (Wildman–Crippen LogP) is 2.45. The highest BCUT2D eigenvalue weighted by Gasteiger charge is 2.32. The van der Waals surface area contributed by atoms with E-state index in [1.54, 1.807) is 0 Å². The van der Waals surface area contributed by atoms with E-state index in [9.17, 15) is 18.0 Å². The third-order valence-corrected chi connectivity index (χ3v) is 2.02. The maximum atomic E-state index is 12.3. The molecule has 2 heterocycles. The fourth-order valence-electron chi connectivity index (χ4n) is 1.19. The van der Waals surface area contributed by atoms with E-state index in [0.29, 0.717) is 0 Å². The average Bonchev–Trinajstić information content (AvgIpc) is 2.77. The van der Waals surface area contributed by atoms with Crippen LogP contribution in [-0.2, 0) is 6.18 Å². The van der Waals surface area contributed by atoms with Gasteiger partial charge in [-0.3, -0.25) is 4.98 Å². The number of alkyl halides is 3. The van der Waals surface area contributed by atoms with Gasteiger partial charge in [-0.15, -0.1) is 0 Å². The third kappa shape index (κ3) is 2.31. The summed E-state index contributed by atoms with van der Waals surface area (Å²) in [6.45, 7) is 0. The van der Waals surface area contributed by atoms with Crippen LogP contribution in [-0.4, -0.2) is 21.0 Å². The average molecular weight is 258 g/mol. The zero-order valence-electron chi connectivity index (χ0n) is 8.60. The van der Waals surface area contributed by atoms with E-state index in [2.05, 4.69) is 9.97 Å². The maximum absolute atomic E-state index is 12.3. The first kappa shape index (κ1) is 12.1. The van der Waals surface area contributed by atoms with Gasteiger partial charge < -0.3 is 9.52 Å². The minimum atomic E-state index is -4.53. The molecule has 2 rings (SSSR count). The number of hydrogen-bond donors (Lipinski definition) is 1. The molecule has 8 heteroatoms. The van der Waals surface area contributed by atoms with Crippen LogP contribution in [0.1, 0.15) is 16.2 Å². The largest absolute Gasteiger partial charge is 0.475 e. The van der Waals surface area contributed by atoms with Crippen LogP contribution in [0.2, 0.25) is 0 Å². The van der Waals surface area contributed by atoms with E-state index < -0.39 is 23.6 Å². The molecule has 1 N–H and O–H groups in total. The van der Waals surface area contributed by atoms with Crippen LogP contribution in [0.25, 0.3) is 11.5 Å². The summed E-state index contributed by atoms with van der Waals surface area (Å²) in [7, 11) is 0. The van der Waals surface area contributed by atoms with Gasteiger partial charge in [-0.05, 0) is 12.1 Å². The number of carbonyl (C=O) groups is 1. The van der Waals surface area contributed by atoms with Gasteiger partial charge >= 0.3 is 12.1 Å². The highest BCUT2D eigenvalue weighted by atomic mass is 19.4. The van der Waals surface area contributed by atoms with Crippen molar-refractivity contribution in [1.29, 1.82) is 0 Å². The second-order valence-corrected chi connectivity index (χ2v) is 3.26. The molecule has 0 aliphatic rings. The second kappa shape index (κ2) is 4.13. The van der Waals surface area contributed by atoms with E-state index in [1.807, 2.05) is 0 Å². The first-order valence-electron chi connectivity index (χ1n) is 4.60. The Morgan fingerprint density at radius 1 is 1.22 bits per heavy atom. The van der Waals surface area contributed by atoms with Crippen molar-refractivity contribution in [3.63, 3.8) is 0 Å². The normalized spacial score (nSPS) is 11.5. The molecule has 0 aliphatic heterocycles. The molecule has 2 aromatic heterocycles. The SMILES string of the molecule is O=C(O)c1cnc(-c2ccc(C(F)(F)F)nc2)o1. The lowest BCUT2D eigenvalue weighted by Crippen LogP contribution is -2.07. The number of hydrogen-bond acceptors (Lipinski definition) is 4. The summed E-state index contributed by atoms with van der Waals surface area (Å²) in [6.07, 6.45) is -2.64. The van der Waals surface area contributed by atoms with Crippen LogP contribution in [0.4, 0.5) is 13.2 Å². The van der Waals surface area contributed by atoms with Crippen molar-refractivity contribution in [1.82, 2.24) is 9.97 Å². The number of carboxylic acid groups (broad SMARTS) is 1. The summed E-state index contributed by atoms with van der Waals surface area (Å²) in [5, 5.41) is 8.60. The lowest BCUT2D eigenvalue weighted by molar-refractivity contribution is -0.141. The molecule has 0 aromatic carbocycles.